The number of likely N-dealkylation sites (N-methyl/N-ethyl adjacent to an activating group) is 1. The van der Waals surface area contributed by atoms with Crippen LogP contribution >= 0.6 is 0 Å². The molecular weight excluding hydrogens is 297 g/mol. The third-order valence-electron chi connectivity index (χ3n) is 3.65. The Morgan fingerprint density at radius 1 is 1.00 bits per heavy atom. The van der Waals surface area contributed by atoms with E-state index in [4.69, 9.17) is 5.11 Å². The highest BCUT2D eigenvalue weighted by molar-refractivity contribution is 5.76. The van der Waals surface area contributed by atoms with Gasteiger partial charge in [0.15, 0.2) is 0 Å². The fourth-order valence-corrected chi connectivity index (χ4v) is 2.15. The lowest BCUT2D eigenvalue weighted by Gasteiger charge is -2.27. The van der Waals surface area contributed by atoms with E-state index in [0.29, 0.717) is 32.4 Å². The van der Waals surface area contributed by atoms with Crippen LogP contribution < -0.4 is 0 Å². The standard InChI is InChI=1S/C15H29F3N2O2/c1-3-19(4-2)11-12-20(10-9-15(16,17)18)14(22)8-6-5-7-13-21/h21H,3-13H2,1-2H3. The predicted molar refractivity (Wildman–Crippen MR) is 80.6 cm³/mol. The number of alkyl halides is 3. The molecule has 4 nitrogen and oxygen atoms in total. The molecule has 7 heteroatoms. The predicted octanol–water partition coefficient (Wildman–Crippen LogP) is 2.66. The molecule has 1 N–H and O–H groups in total. The average molecular weight is 326 g/mol. The van der Waals surface area contributed by atoms with Crippen LogP contribution in [0.25, 0.3) is 0 Å². The Morgan fingerprint density at radius 2 is 1.64 bits per heavy atom. The van der Waals surface area contributed by atoms with E-state index in [1.165, 1.54) is 4.90 Å². The molecule has 132 valence electrons. The van der Waals surface area contributed by atoms with E-state index >= 15 is 0 Å². The highest BCUT2D eigenvalue weighted by atomic mass is 19.4. The van der Waals surface area contributed by atoms with Gasteiger partial charge in [0.1, 0.15) is 0 Å². The van der Waals surface area contributed by atoms with Crippen molar-refractivity contribution in [2.45, 2.75) is 52.1 Å². The molecule has 0 aromatic heterocycles. The molecule has 0 aromatic rings. The van der Waals surface area contributed by atoms with Crippen molar-refractivity contribution in [1.29, 1.82) is 0 Å². The van der Waals surface area contributed by atoms with Gasteiger partial charge in [0.25, 0.3) is 0 Å². The molecule has 0 saturated carbocycles. The van der Waals surface area contributed by atoms with Crippen molar-refractivity contribution in [2.75, 3.05) is 39.3 Å². The van der Waals surface area contributed by atoms with Gasteiger partial charge >= 0.3 is 6.18 Å². The molecule has 22 heavy (non-hydrogen) atoms. The monoisotopic (exact) mass is 326 g/mol. The Bertz CT molecular complexity index is 295. The molecular formula is C15H29F3N2O2. The van der Waals surface area contributed by atoms with Crippen LogP contribution in [-0.4, -0.2) is 66.3 Å². The summed E-state index contributed by atoms with van der Waals surface area (Å²) in [7, 11) is 0. The van der Waals surface area contributed by atoms with Crippen LogP contribution in [0.1, 0.15) is 46.0 Å². The Kier molecular flexibility index (Phi) is 11.3. The van der Waals surface area contributed by atoms with Gasteiger partial charge in [-0.05, 0) is 25.9 Å². The van der Waals surface area contributed by atoms with Gasteiger partial charge in [-0.1, -0.05) is 20.3 Å². The number of hydrogen-bond donors (Lipinski definition) is 1. The number of hydrogen-bond acceptors (Lipinski definition) is 3. The first kappa shape index (κ1) is 21.2. The van der Waals surface area contributed by atoms with Crippen LogP contribution in [-0.2, 0) is 4.79 Å². The number of aliphatic hydroxyl groups excluding tert-OH is 1. The number of halogens is 3. The maximum Gasteiger partial charge on any atom is 0.390 e. The van der Waals surface area contributed by atoms with Crippen LogP contribution in [0, 0.1) is 0 Å². The maximum absolute atomic E-state index is 12.4. The lowest BCUT2D eigenvalue weighted by molar-refractivity contribution is -0.145. The summed E-state index contributed by atoms with van der Waals surface area (Å²) in [5.74, 6) is -0.227. The van der Waals surface area contributed by atoms with Crippen LogP contribution in [0.4, 0.5) is 13.2 Å². The normalized spacial score (nSPS) is 12.0. The average Bonchev–Trinajstić information content (AvgIpc) is 2.46. The largest absolute Gasteiger partial charge is 0.396 e. The molecule has 0 radical (unpaired) electrons. The first-order chi connectivity index (χ1) is 10.3. The number of carbonyl (C=O) groups excluding carboxylic acids is 1. The van der Waals surface area contributed by atoms with Gasteiger partial charge in [0.05, 0.1) is 6.42 Å². The SMILES string of the molecule is CCN(CC)CCN(CCC(F)(F)F)C(=O)CCCCCO. The minimum Gasteiger partial charge on any atom is -0.396 e. The highest BCUT2D eigenvalue weighted by Gasteiger charge is 2.28. The van der Waals surface area contributed by atoms with Gasteiger partial charge in [-0.3, -0.25) is 4.79 Å². The highest BCUT2D eigenvalue weighted by Crippen LogP contribution is 2.20. The van der Waals surface area contributed by atoms with Crippen molar-refractivity contribution >= 4 is 5.91 Å². The second-order valence-electron chi connectivity index (χ2n) is 5.31. The molecule has 0 saturated heterocycles. The molecule has 0 aromatic carbocycles. The van der Waals surface area contributed by atoms with Crippen molar-refractivity contribution in [2.24, 2.45) is 0 Å². The van der Waals surface area contributed by atoms with Crippen molar-refractivity contribution in [3.63, 3.8) is 0 Å². The smallest absolute Gasteiger partial charge is 0.390 e. The van der Waals surface area contributed by atoms with Crippen LogP contribution in [0.2, 0.25) is 0 Å². The molecule has 0 aliphatic rings. The zero-order valence-corrected chi connectivity index (χ0v) is 13.7. The summed E-state index contributed by atoms with van der Waals surface area (Å²) in [6, 6.07) is 0. The number of carbonyl (C=O) groups is 1. The summed E-state index contributed by atoms with van der Waals surface area (Å²) in [5, 5.41) is 8.69. The summed E-state index contributed by atoms with van der Waals surface area (Å²) in [4.78, 5) is 15.5. The number of nitrogens with zero attached hydrogens (tertiary/aromatic N) is 2. The minimum atomic E-state index is -4.25. The summed E-state index contributed by atoms with van der Waals surface area (Å²) >= 11 is 0. The molecule has 0 rings (SSSR count). The van der Waals surface area contributed by atoms with Gasteiger partial charge in [-0.2, -0.15) is 13.2 Å². The van der Waals surface area contributed by atoms with E-state index in [2.05, 4.69) is 4.90 Å². The molecule has 0 unspecified atom stereocenters. The van der Waals surface area contributed by atoms with Crippen LogP contribution in [0.15, 0.2) is 0 Å². The lowest BCUT2D eigenvalue weighted by Crippen LogP contribution is -2.40. The van der Waals surface area contributed by atoms with Crippen molar-refractivity contribution < 1.29 is 23.1 Å². The van der Waals surface area contributed by atoms with Gasteiger partial charge in [-0.25, -0.2) is 0 Å². The van der Waals surface area contributed by atoms with E-state index in [1.807, 2.05) is 13.8 Å². The third-order valence-corrected chi connectivity index (χ3v) is 3.65. The molecule has 0 aliphatic carbocycles. The summed E-state index contributed by atoms with van der Waals surface area (Å²) in [6.07, 6.45) is -3.03. The zero-order valence-electron chi connectivity index (χ0n) is 13.7. The van der Waals surface area contributed by atoms with E-state index < -0.39 is 12.6 Å². The number of aliphatic hydroxyl groups is 1. The second kappa shape index (κ2) is 11.7. The van der Waals surface area contributed by atoms with Crippen molar-refractivity contribution in [3.05, 3.63) is 0 Å². The first-order valence-electron chi connectivity index (χ1n) is 8.01. The molecule has 1 amide bonds. The molecule has 0 heterocycles. The quantitative estimate of drug-likeness (QED) is 0.561. The fourth-order valence-electron chi connectivity index (χ4n) is 2.15. The topological polar surface area (TPSA) is 43.8 Å². The van der Waals surface area contributed by atoms with Crippen molar-refractivity contribution in [1.82, 2.24) is 9.80 Å². The zero-order chi connectivity index (χ0) is 17.0. The molecule has 0 spiro atoms. The molecule has 0 fully saturated rings. The second-order valence-corrected chi connectivity index (χ2v) is 5.31. The Labute approximate surface area is 131 Å². The fraction of sp³-hybridized carbons (Fsp3) is 0.933. The summed E-state index contributed by atoms with van der Waals surface area (Å²) in [6.45, 7) is 6.32. The number of rotatable bonds is 12. The first-order valence-corrected chi connectivity index (χ1v) is 8.01. The van der Waals surface area contributed by atoms with Crippen molar-refractivity contribution in [3.8, 4) is 0 Å². The Morgan fingerprint density at radius 3 is 2.14 bits per heavy atom. The van der Waals surface area contributed by atoms with Crippen LogP contribution in [0.5, 0.6) is 0 Å². The summed E-state index contributed by atoms with van der Waals surface area (Å²) in [5.41, 5.74) is 0. The summed E-state index contributed by atoms with van der Waals surface area (Å²) < 4.78 is 37.2. The van der Waals surface area contributed by atoms with E-state index in [1.54, 1.807) is 0 Å². The van der Waals surface area contributed by atoms with Gasteiger partial charge in [-0.15, -0.1) is 0 Å². The van der Waals surface area contributed by atoms with Crippen LogP contribution in [0.3, 0.4) is 0 Å². The van der Waals surface area contributed by atoms with Gasteiger partial charge in [0.2, 0.25) is 5.91 Å². The number of amides is 1. The third kappa shape index (κ3) is 10.8. The van der Waals surface area contributed by atoms with Gasteiger partial charge < -0.3 is 14.9 Å². The number of unbranched alkanes of at least 4 members (excludes halogenated alkanes) is 2. The van der Waals surface area contributed by atoms with E-state index in [0.717, 1.165) is 13.1 Å². The molecule has 0 bridgehead atoms. The maximum atomic E-state index is 12.4. The van der Waals surface area contributed by atoms with Gasteiger partial charge in [0, 0.05) is 32.7 Å². The minimum absolute atomic E-state index is 0.0773. The Balaban J connectivity index is 4.39. The Hall–Kier alpha value is -0.820. The molecule has 0 atom stereocenters. The lowest BCUT2D eigenvalue weighted by atomic mass is 10.2. The molecule has 0 aliphatic heterocycles. The van der Waals surface area contributed by atoms with E-state index in [9.17, 15) is 18.0 Å². The van der Waals surface area contributed by atoms with E-state index in [-0.39, 0.29) is 25.5 Å².